The molecule has 0 radical (unpaired) electrons. The Bertz CT molecular complexity index is 1670. The number of aromatic nitrogens is 4. The van der Waals surface area contributed by atoms with Gasteiger partial charge < -0.3 is 10.6 Å². The first-order valence-electron chi connectivity index (χ1n) is 11.6. The molecule has 0 fully saturated rings. The number of thioether (sulfide) groups is 1. The fourth-order valence-corrected chi connectivity index (χ4v) is 5.35. The molecule has 5 aromatic rings. The fraction of sp³-hybridized carbons (Fsp3) is 0.115. The van der Waals surface area contributed by atoms with Crippen LogP contribution in [0.4, 0.5) is 22.7 Å². The number of rotatable bonds is 8. The van der Waals surface area contributed by atoms with Gasteiger partial charge in [-0.1, -0.05) is 53.4 Å². The summed E-state index contributed by atoms with van der Waals surface area (Å²) in [7, 11) is 0. The maximum atomic E-state index is 14.0. The third-order valence-electron chi connectivity index (χ3n) is 5.53. The molecule has 0 spiro atoms. The molecule has 204 valence electrons. The number of benzene rings is 3. The average molecular weight is 587 g/mol. The number of hydrogen-bond donors (Lipinski definition) is 2. The van der Waals surface area contributed by atoms with Gasteiger partial charge in [0.2, 0.25) is 5.91 Å². The number of nitrogens with one attached hydrogen (secondary N) is 2. The molecular weight excluding hydrogens is 568 g/mol. The van der Waals surface area contributed by atoms with Gasteiger partial charge in [0.15, 0.2) is 16.1 Å². The number of fused-ring (bicyclic) bond motifs is 1. The van der Waals surface area contributed by atoms with Gasteiger partial charge in [-0.05, 0) is 42.5 Å². The van der Waals surface area contributed by atoms with Gasteiger partial charge >= 0.3 is 6.18 Å². The lowest BCUT2D eigenvalue weighted by Gasteiger charge is -2.13. The van der Waals surface area contributed by atoms with Crippen LogP contribution in [0.3, 0.4) is 0 Å². The summed E-state index contributed by atoms with van der Waals surface area (Å²) >= 11 is 2.25. The lowest BCUT2D eigenvalue weighted by atomic mass is 10.2. The van der Waals surface area contributed by atoms with Crippen molar-refractivity contribution in [1.29, 1.82) is 0 Å². The van der Waals surface area contributed by atoms with Crippen molar-refractivity contribution in [1.82, 2.24) is 25.1 Å². The van der Waals surface area contributed by atoms with Gasteiger partial charge in [0.25, 0.3) is 5.91 Å². The van der Waals surface area contributed by atoms with E-state index in [9.17, 15) is 27.2 Å². The molecular formula is C26H18F4N6O2S2. The van der Waals surface area contributed by atoms with Gasteiger partial charge in [-0.3, -0.25) is 14.2 Å². The van der Waals surface area contributed by atoms with Crippen molar-refractivity contribution in [3.8, 4) is 5.69 Å². The zero-order chi connectivity index (χ0) is 28.3. The van der Waals surface area contributed by atoms with Crippen LogP contribution in [0.25, 0.3) is 15.9 Å². The number of thiazole rings is 1. The lowest BCUT2D eigenvalue weighted by molar-refractivity contribution is -0.137. The Morgan fingerprint density at radius 3 is 2.52 bits per heavy atom. The van der Waals surface area contributed by atoms with Crippen molar-refractivity contribution >= 4 is 50.3 Å². The Morgan fingerprint density at radius 2 is 1.75 bits per heavy atom. The number of amides is 2. The van der Waals surface area contributed by atoms with E-state index in [1.807, 2.05) is 24.3 Å². The highest BCUT2D eigenvalue weighted by atomic mass is 32.2. The molecule has 40 heavy (non-hydrogen) atoms. The van der Waals surface area contributed by atoms with Gasteiger partial charge in [0.05, 0.1) is 39.3 Å². The summed E-state index contributed by atoms with van der Waals surface area (Å²) in [5, 5.41) is 13.8. The van der Waals surface area contributed by atoms with Crippen LogP contribution in [0.5, 0.6) is 0 Å². The standard InChI is InChI=1S/C26H18F4N6O2S2/c27-18-9-2-1-8-17(18)23(38)31-13-21-34-35-25(36(21)16-7-5-6-15(12-16)26(28,29)30)39-14-22(37)33-24-32-19-10-3-4-11-20(19)40-24/h1-12H,13-14H2,(H,31,38)(H,32,33,37). The zero-order valence-corrected chi connectivity index (χ0v) is 21.9. The number of carbonyl (C=O) groups is 2. The summed E-state index contributed by atoms with van der Waals surface area (Å²) in [6.45, 7) is -0.269. The molecule has 0 atom stereocenters. The molecule has 0 saturated heterocycles. The van der Waals surface area contributed by atoms with Crippen LogP contribution in [0.15, 0.2) is 78.0 Å². The van der Waals surface area contributed by atoms with Crippen molar-refractivity contribution in [2.75, 3.05) is 11.1 Å². The predicted octanol–water partition coefficient (Wildman–Crippen LogP) is 5.70. The normalized spacial score (nSPS) is 11.5. The lowest BCUT2D eigenvalue weighted by Crippen LogP contribution is -2.25. The molecule has 0 aliphatic heterocycles. The summed E-state index contributed by atoms with van der Waals surface area (Å²) in [5.41, 5.74) is -0.288. The molecule has 0 aliphatic carbocycles. The molecule has 14 heteroatoms. The van der Waals surface area contributed by atoms with E-state index in [1.165, 1.54) is 46.2 Å². The third kappa shape index (κ3) is 6.13. The SMILES string of the molecule is O=C(CSc1nnc(CNC(=O)c2ccccc2F)n1-c1cccc(C(F)(F)F)c1)Nc1nc2ccccc2s1. The summed E-state index contributed by atoms with van der Waals surface area (Å²) < 4.78 is 56.5. The second-order valence-electron chi connectivity index (χ2n) is 8.27. The number of para-hydroxylation sites is 1. The minimum atomic E-state index is -4.60. The van der Waals surface area contributed by atoms with E-state index in [0.29, 0.717) is 5.13 Å². The van der Waals surface area contributed by atoms with Crippen LogP contribution in [0, 0.1) is 5.82 Å². The van der Waals surface area contributed by atoms with Crippen molar-refractivity contribution in [2.24, 2.45) is 0 Å². The Kier molecular flexibility index (Phi) is 7.80. The number of hydrogen-bond acceptors (Lipinski definition) is 7. The molecule has 0 saturated carbocycles. The molecule has 0 aliphatic rings. The van der Waals surface area contributed by atoms with Crippen LogP contribution >= 0.6 is 23.1 Å². The quantitative estimate of drug-likeness (QED) is 0.179. The largest absolute Gasteiger partial charge is 0.416 e. The third-order valence-corrected chi connectivity index (χ3v) is 7.41. The Morgan fingerprint density at radius 1 is 0.975 bits per heavy atom. The molecule has 2 amide bonds. The maximum Gasteiger partial charge on any atom is 0.416 e. The Hall–Kier alpha value is -4.30. The highest BCUT2D eigenvalue weighted by Crippen LogP contribution is 2.32. The van der Waals surface area contributed by atoms with E-state index < -0.39 is 29.4 Å². The van der Waals surface area contributed by atoms with Gasteiger partial charge in [0.1, 0.15) is 5.82 Å². The summed E-state index contributed by atoms with van der Waals surface area (Å²) in [6.07, 6.45) is -4.60. The van der Waals surface area contributed by atoms with Gasteiger partial charge in [-0.25, -0.2) is 9.37 Å². The van der Waals surface area contributed by atoms with Gasteiger partial charge in [0, 0.05) is 0 Å². The second kappa shape index (κ2) is 11.4. The van der Waals surface area contributed by atoms with Gasteiger partial charge in [-0.2, -0.15) is 13.2 Å². The topological polar surface area (TPSA) is 102 Å². The highest BCUT2D eigenvalue weighted by molar-refractivity contribution is 7.99. The van der Waals surface area contributed by atoms with E-state index in [2.05, 4.69) is 25.8 Å². The van der Waals surface area contributed by atoms with Crippen LogP contribution in [0.2, 0.25) is 0 Å². The number of nitrogens with zero attached hydrogens (tertiary/aromatic N) is 4. The molecule has 2 heterocycles. The summed E-state index contributed by atoms with van der Waals surface area (Å²) in [5.74, 6) is -1.93. The number of carbonyl (C=O) groups excluding carboxylic acids is 2. The maximum absolute atomic E-state index is 14.0. The van der Waals surface area contributed by atoms with Crippen molar-refractivity contribution in [3.63, 3.8) is 0 Å². The second-order valence-corrected chi connectivity index (χ2v) is 10.2. The van der Waals surface area contributed by atoms with Crippen LogP contribution in [-0.2, 0) is 17.5 Å². The van der Waals surface area contributed by atoms with Crippen molar-refractivity contribution < 1.29 is 27.2 Å². The monoisotopic (exact) mass is 586 g/mol. The van der Waals surface area contributed by atoms with E-state index >= 15 is 0 Å². The fourth-order valence-electron chi connectivity index (χ4n) is 3.70. The van der Waals surface area contributed by atoms with Crippen LogP contribution in [-0.4, -0.2) is 37.3 Å². The minimum Gasteiger partial charge on any atom is -0.345 e. The van der Waals surface area contributed by atoms with E-state index in [4.69, 9.17) is 0 Å². The first-order chi connectivity index (χ1) is 19.2. The molecule has 2 aromatic heterocycles. The smallest absolute Gasteiger partial charge is 0.345 e. The predicted molar refractivity (Wildman–Crippen MR) is 143 cm³/mol. The van der Waals surface area contributed by atoms with E-state index in [0.717, 1.165) is 40.2 Å². The van der Waals surface area contributed by atoms with E-state index in [1.54, 1.807) is 0 Å². The highest BCUT2D eigenvalue weighted by Gasteiger charge is 2.31. The first-order valence-corrected chi connectivity index (χ1v) is 13.4. The minimum absolute atomic E-state index is 0.0732. The molecule has 8 nitrogen and oxygen atoms in total. The van der Waals surface area contributed by atoms with Gasteiger partial charge in [-0.15, -0.1) is 10.2 Å². The number of alkyl halides is 3. The Balaban J connectivity index is 1.37. The van der Waals surface area contributed by atoms with Crippen LogP contribution < -0.4 is 10.6 Å². The molecule has 5 rings (SSSR count). The zero-order valence-electron chi connectivity index (χ0n) is 20.3. The average Bonchev–Trinajstić information content (AvgIpc) is 3.53. The summed E-state index contributed by atoms with van der Waals surface area (Å²) in [4.78, 5) is 29.5. The van der Waals surface area contributed by atoms with Crippen LogP contribution in [0.1, 0.15) is 21.7 Å². The number of anilines is 1. The Labute approximate surface area is 232 Å². The van der Waals surface area contributed by atoms with E-state index in [-0.39, 0.29) is 34.5 Å². The number of halogens is 4. The molecule has 3 aromatic carbocycles. The molecule has 2 N–H and O–H groups in total. The first kappa shape index (κ1) is 27.3. The van der Waals surface area contributed by atoms with Crippen molar-refractivity contribution in [3.05, 3.63) is 95.6 Å². The van der Waals surface area contributed by atoms with Crippen molar-refractivity contribution in [2.45, 2.75) is 17.9 Å². The molecule has 0 bridgehead atoms. The molecule has 0 unspecified atom stereocenters. The summed E-state index contributed by atoms with van der Waals surface area (Å²) in [6, 6.07) is 17.2.